The molecule has 5 heteroatoms. The van der Waals surface area contributed by atoms with E-state index in [1.807, 2.05) is 0 Å². The van der Waals surface area contributed by atoms with Crippen molar-refractivity contribution in [3.8, 4) is 0 Å². The Labute approximate surface area is 64.8 Å². The van der Waals surface area contributed by atoms with Crippen LogP contribution in [-0.4, -0.2) is 17.8 Å². The molecule has 0 atom stereocenters. The first kappa shape index (κ1) is 7.72. The fraction of sp³-hybridized carbons (Fsp3) is 0.167. The van der Waals surface area contributed by atoms with Crippen LogP contribution in [0.4, 0.5) is 5.69 Å². The molecule has 1 heterocycles. The normalized spacial score (nSPS) is 9.55. The zero-order chi connectivity index (χ0) is 8.43. The van der Waals surface area contributed by atoms with Gasteiger partial charge in [0.25, 0.3) is 5.69 Å². The molecule has 0 aliphatic carbocycles. The van der Waals surface area contributed by atoms with Crippen LogP contribution in [0.1, 0.15) is 5.69 Å². The first-order chi connectivity index (χ1) is 5.11. The lowest BCUT2D eigenvalue weighted by atomic mass is 9.95. The lowest BCUT2D eigenvalue weighted by Crippen LogP contribution is -2.09. The number of pyridine rings is 1. The number of nitrogens with zero attached hydrogens (tertiary/aromatic N) is 2. The van der Waals surface area contributed by atoms with Crippen molar-refractivity contribution in [2.45, 2.75) is 6.92 Å². The summed E-state index contributed by atoms with van der Waals surface area (Å²) in [7, 11) is 5.39. The summed E-state index contributed by atoms with van der Waals surface area (Å²) in [6.07, 6.45) is 1.19. The lowest BCUT2D eigenvalue weighted by Gasteiger charge is -1.96. The molecule has 4 nitrogen and oxygen atoms in total. The van der Waals surface area contributed by atoms with Gasteiger partial charge in [-0.25, -0.2) is 0 Å². The Balaban J connectivity index is 3.15. The summed E-state index contributed by atoms with van der Waals surface area (Å²) in [5.74, 6) is 0. The fourth-order valence-electron chi connectivity index (χ4n) is 0.638. The second-order valence-electron chi connectivity index (χ2n) is 2.13. The van der Waals surface area contributed by atoms with Crippen LogP contribution in [0.2, 0.25) is 0 Å². The van der Waals surface area contributed by atoms with Gasteiger partial charge in [0.05, 0.1) is 4.92 Å². The number of hydrogen-bond donors (Lipinski definition) is 0. The van der Waals surface area contributed by atoms with Crippen molar-refractivity contribution < 1.29 is 4.92 Å². The zero-order valence-corrected chi connectivity index (χ0v) is 5.94. The summed E-state index contributed by atoms with van der Waals surface area (Å²) >= 11 is 0. The van der Waals surface area contributed by atoms with Crippen LogP contribution in [0.5, 0.6) is 0 Å². The number of aryl methyl sites for hydroxylation is 1. The Hall–Kier alpha value is -1.39. The fourth-order valence-corrected chi connectivity index (χ4v) is 0.638. The van der Waals surface area contributed by atoms with Gasteiger partial charge in [-0.1, -0.05) is 5.46 Å². The third kappa shape index (κ3) is 1.55. The van der Waals surface area contributed by atoms with E-state index < -0.39 is 4.92 Å². The summed E-state index contributed by atoms with van der Waals surface area (Å²) in [5.41, 5.74) is 0.878. The molecule has 54 valence electrons. The van der Waals surface area contributed by atoms with Gasteiger partial charge in [0.2, 0.25) is 0 Å². The third-order valence-electron chi connectivity index (χ3n) is 1.32. The summed E-state index contributed by atoms with van der Waals surface area (Å²) in [6, 6.07) is 1.29. The minimum absolute atomic E-state index is 0.0758. The van der Waals surface area contributed by atoms with Gasteiger partial charge in [-0.2, -0.15) is 0 Å². The monoisotopic (exact) mass is 148 g/mol. The minimum atomic E-state index is -0.525. The number of nitro groups is 1. The van der Waals surface area contributed by atoms with Gasteiger partial charge in [-0.15, -0.1) is 0 Å². The standard InChI is InChI=1S/C6H5BN2O2/c1-4-6(7)2-5(3-8-4)9(10)11/h2-3H,1H3. The molecule has 1 rings (SSSR count). The van der Waals surface area contributed by atoms with E-state index in [1.54, 1.807) is 6.92 Å². The molecular formula is C6H5BN2O2. The van der Waals surface area contributed by atoms with Gasteiger partial charge >= 0.3 is 0 Å². The lowest BCUT2D eigenvalue weighted by molar-refractivity contribution is -0.385. The Kier molecular flexibility index (Phi) is 1.89. The summed E-state index contributed by atoms with van der Waals surface area (Å²) in [5, 5.41) is 10.2. The highest BCUT2D eigenvalue weighted by atomic mass is 16.6. The van der Waals surface area contributed by atoms with E-state index >= 15 is 0 Å². The Morgan fingerprint density at radius 3 is 2.82 bits per heavy atom. The molecule has 0 aliphatic heterocycles. The maximum atomic E-state index is 10.2. The smallest absolute Gasteiger partial charge is 0.258 e. The number of rotatable bonds is 1. The summed E-state index contributed by atoms with van der Waals surface area (Å²) < 4.78 is 0. The SMILES string of the molecule is [B]c1cc([N+](=O)[O-])cnc1C. The molecule has 0 saturated heterocycles. The highest BCUT2D eigenvalue weighted by molar-refractivity contribution is 6.33. The molecular weight excluding hydrogens is 143 g/mol. The molecule has 0 N–H and O–H groups in total. The largest absolute Gasteiger partial charge is 0.286 e. The van der Waals surface area contributed by atoms with Crippen molar-refractivity contribution in [1.29, 1.82) is 0 Å². The molecule has 0 spiro atoms. The van der Waals surface area contributed by atoms with Gasteiger partial charge in [0.15, 0.2) is 0 Å². The molecule has 0 amide bonds. The Morgan fingerprint density at radius 2 is 2.36 bits per heavy atom. The molecule has 11 heavy (non-hydrogen) atoms. The molecule has 2 radical (unpaired) electrons. The van der Waals surface area contributed by atoms with Crippen LogP contribution in [-0.2, 0) is 0 Å². The molecule has 0 aliphatic rings. The Morgan fingerprint density at radius 1 is 1.73 bits per heavy atom. The summed E-state index contributed by atoms with van der Waals surface area (Å²) in [4.78, 5) is 13.4. The average Bonchev–Trinajstić information content (AvgIpc) is 1.94. The molecule has 0 aromatic carbocycles. The molecule has 1 aromatic rings. The van der Waals surface area contributed by atoms with Crippen LogP contribution in [0.3, 0.4) is 0 Å². The van der Waals surface area contributed by atoms with E-state index in [-0.39, 0.29) is 5.69 Å². The van der Waals surface area contributed by atoms with Gasteiger partial charge < -0.3 is 0 Å². The van der Waals surface area contributed by atoms with Gasteiger partial charge in [-0.05, 0) is 6.92 Å². The van der Waals surface area contributed by atoms with E-state index in [1.165, 1.54) is 12.3 Å². The Bertz CT molecular complexity index is 301. The van der Waals surface area contributed by atoms with Crippen LogP contribution in [0, 0.1) is 17.0 Å². The second kappa shape index (κ2) is 2.69. The molecule has 0 unspecified atom stereocenters. The predicted molar refractivity (Wildman–Crippen MR) is 41.0 cm³/mol. The highest BCUT2D eigenvalue weighted by Crippen LogP contribution is 2.05. The number of aromatic nitrogens is 1. The van der Waals surface area contributed by atoms with Crippen LogP contribution in [0.15, 0.2) is 12.3 Å². The van der Waals surface area contributed by atoms with Crippen LogP contribution in [0.25, 0.3) is 0 Å². The molecule has 0 saturated carbocycles. The maximum Gasteiger partial charge on any atom is 0.286 e. The number of hydrogen-bond acceptors (Lipinski definition) is 3. The van der Waals surface area contributed by atoms with Crippen molar-refractivity contribution >= 4 is 19.0 Å². The predicted octanol–water partition coefficient (Wildman–Crippen LogP) is 0.0920. The van der Waals surface area contributed by atoms with Gasteiger partial charge in [-0.3, -0.25) is 15.1 Å². The van der Waals surface area contributed by atoms with E-state index in [2.05, 4.69) is 4.98 Å². The van der Waals surface area contributed by atoms with Crippen molar-refractivity contribution in [2.24, 2.45) is 0 Å². The van der Waals surface area contributed by atoms with Crippen molar-refractivity contribution in [3.63, 3.8) is 0 Å². The maximum absolute atomic E-state index is 10.2. The molecule has 1 aromatic heterocycles. The van der Waals surface area contributed by atoms with Crippen molar-refractivity contribution in [3.05, 3.63) is 28.1 Å². The van der Waals surface area contributed by atoms with Gasteiger partial charge in [0, 0.05) is 11.8 Å². The second-order valence-corrected chi connectivity index (χ2v) is 2.13. The van der Waals surface area contributed by atoms with Crippen molar-refractivity contribution in [1.82, 2.24) is 4.98 Å². The van der Waals surface area contributed by atoms with E-state index in [0.717, 1.165) is 0 Å². The van der Waals surface area contributed by atoms with E-state index in [0.29, 0.717) is 11.2 Å². The van der Waals surface area contributed by atoms with Crippen LogP contribution < -0.4 is 5.46 Å². The van der Waals surface area contributed by atoms with Crippen LogP contribution >= 0.6 is 0 Å². The first-order valence-electron chi connectivity index (χ1n) is 2.98. The quantitative estimate of drug-likeness (QED) is 0.322. The van der Waals surface area contributed by atoms with Gasteiger partial charge in [0.1, 0.15) is 14.0 Å². The highest BCUT2D eigenvalue weighted by Gasteiger charge is 2.05. The average molecular weight is 148 g/mol. The molecule has 0 fully saturated rings. The van der Waals surface area contributed by atoms with E-state index in [9.17, 15) is 10.1 Å². The zero-order valence-electron chi connectivity index (χ0n) is 5.94. The minimum Gasteiger partial charge on any atom is -0.258 e. The van der Waals surface area contributed by atoms with E-state index in [4.69, 9.17) is 7.85 Å². The third-order valence-corrected chi connectivity index (χ3v) is 1.32. The summed E-state index contributed by atoms with van der Waals surface area (Å²) in [6.45, 7) is 1.69. The first-order valence-corrected chi connectivity index (χ1v) is 2.98. The topological polar surface area (TPSA) is 56.0 Å². The van der Waals surface area contributed by atoms with Crippen molar-refractivity contribution in [2.75, 3.05) is 0 Å². The molecule has 0 bridgehead atoms.